The Morgan fingerprint density at radius 3 is 2.72 bits per heavy atom. The van der Waals surface area contributed by atoms with Crippen molar-refractivity contribution in [1.29, 1.82) is 0 Å². The lowest BCUT2D eigenvalue weighted by molar-refractivity contribution is 0.0805. The molecule has 0 aliphatic carbocycles. The highest BCUT2D eigenvalue weighted by Crippen LogP contribution is 2.31. The van der Waals surface area contributed by atoms with Gasteiger partial charge in [-0.25, -0.2) is 13.9 Å². The standard InChI is InChI=1S/C25H30BFN8O/c1-33(2)16-7-11-34(12-8-16)15-21(36)17-9-13-35-23(17)25(30-19-6-10-28-14-18(19)27)31-24(32-35)20-4-3-5-22(26)29-20/h3-6,9-10,13-14,16,21,36H,7-8,11-12,15,26H2,1-2H3,(H,28,30,31,32). The van der Waals surface area contributed by atoms with E-state index in [0.717, 1.165) is 37.7 Å². The summed E-state index contributed by atoms with van der Waals surface area (Å²) in [6.45, 7) is 2.36. The Hall–Kier alpha value is -3.41. The fourth-order valence-electron chi connectivity index (χ4n) is 4.75. The first-order valence-electron chi connectivity index (χ1n) is 12.2. The number of pyridine rings is 2. The van der Waals surface area contributed by atoms with Gasteiger partial charge in [0.05, 0.1) is 18.0 Å². The molecule has 1 unspecified atom stereocenters. The molecule has 0 bridgehead atoms. The third-order valence-electron chi connectivity index (χ3n) is 6.76. The Balaban J connectivity index is 1.50. The minimum atomic E-state index is -0.750. The van der Waals surface area contributed by atoms with Gasteiger partial charge in [0.25, 0.3) is 0 Å². The van der Waals surface area contributed by atoms with Crippen LogP contribution in [-0.2, 0) is 0 Å². The molecule has 1 aliphatic rings. The van der Waals surface area contributed by atoms with Crippen molar-refractivity contribution >= 4 is 30.5 Å². The largest absolute Gasteiger partial charge is 0.387 e. The molecule has 0 aromatic carbocycles. The number of nitrogens with zero attached hydrogens (tertiary/aromatic N) is 7. The molecule has 36 heavy (non-hydrogen) atoms. The zero-order valence-electron chi connectivity index (χ0n) is 20.8. The maximum Gasteiger partial charge on any atom is 0.200 e. The van der Waals surface area contributed by atoms with Crippen LogP contribution < -0.4 is 10.9 Å². The van der Waals surface area contributed by atoms with Gasteiger partial charge in [0.2, 0.25) is 5.82 Å². The summed E-state index contributed by atoms with van der Waals surface area (Å²) in [7, 11) is 6.13. The van der Waals surface area contributed by atoms with E-state index < -0.39 is 11.9 Å². The summed E-state index contributed by atoms with van der Waals surface area (Å²) in [6.07, 6.45) is 5.84. The molecule has 0 saturated carbocycles. The molecule has 1 fully saturated rings. The average Bonchev–Trinajstić information content (AvgIpc) is 3.30. The van der Waals surface area contributed by atoms with Gasteiger partial charge in [0.1, 0.15) is 11.2 Å². The van der Waals surface area contributed by atoms with Crippen LogP contribution in [0.15, 0.2) is 48.9 Å². The Morgan fingerprint density at radius 2 is 2.00 bits per heavy atom. The van der Waals surface area contributed by atoms with Gasteiger partial charge in [-0.15, -0.1) is 5.10 Å². The number of halogens is 1. The van der Waals surface area contributed by atoms with E-state index in [1.165, 1.54) is 6.20 Å². The molecule has 186 valence electrons. The van der Waals surface area contributed by atoms with Crippen molar-refractivity contribution in [3.8, 4) is 11.5 Å². The van der Waals surface area contributed by atoms with Crippen LogP contribution in [0.3, 0.4) is 0 Å². The normalized spacial score (nSPS) is 16.0. The second-order valence-electron chi connectivity index (χ2n) is 9.50. The maximum atomic E-state index is 14.5. The van der Waals surface area contributed by atoms with Crippen molar-refractivity contribution in [3.05, 3.63) is 60.3 Å². The summed E-state index contributed by atoms with van der Waals surface area (Å²) in [5, 5.41) is 19.0. The first kappa shape index (κ1) is 24.3. The molecule has 1 saturated heterocycles. The lowest BCUT2D eigenvalue weighted by Crippen LogP contribution is -2.43. The number of aliphatic hydroxyl groups excluding tert-OH is 1. The third kappa shape index (κ3) is 5.08. The molecule has 9 nitrogen and oxygen atoms in total. The number of aliphatic hydroxyl groups is 1. The summed E-state index contributed by atoms with van der Waals surface area (Å²) in [6, 6.07) is 9.60. The van der Waals surface area contributed by atoms with Crippen LogP contribution in [0, 0.1) is 5.82 Å². The van der Waals surface area contributed by atoms with Crippen LogP contribution in [0.25, 0.3) is 17.0 Å². The van der Waals surface area contributed by atoms with Gasteiger partial charge < -0.3 is 20.2 Å². The zero-order chi connectivity index (χ0) is 25.2. The molecule has 1 atom stereocenters. The molecule has 1 aliphatic heterocycles. The third-order valence-corrected chi connectivity index (χ3v) is 6.76. The fourth-order valence-corrected chi connectivity index (χ4v) is 4.75. The van der Waals surface area contributed by atoms with E-state index in [-0.39, 0.29) is 5.69 Å². The van der Waals surface area contributed by atoms with Crippen molar-refractivity contribution in [2.75, 3.05) is 39.0 Å². The second kappa shape index (κ2) is 10.3. The van der Waals surface area contributed by atoms with Gasteiger partial charge in [-0.05, 0) is 63.8 Å². The smallest absolute Gasteiger partial charge is 0.200 e. The summed E-state index contributed by atoms with van der Waals surface area (Å²) in [4.78, 5) is 17.6. The van der Waals surface area contributed by atoms with Crippen LogP contribution in [0.4, 0.5) is 15.9 Å². The number of β-amino-alcohol motifs (C(OH)–C–C–N with tert-alkyl or cyclic N) is 1. The summed E-state index contributed by atoms with van der Waals surface area (Å²) < 4.78 is 16.2. The molecule has 0 radical (unpaired) electrons. The van der Waals surface area contributed by atoms with E-state index in [1.807, 2.05) is 32.1 Å². The fraction of sp³-hybridized carbons (Fsp3) is 0.360. The predicted molar refractivity (Wildman–Crippen MR) is 140 cm³/mol. The molecule has 0 spiro atoms. The number of hydrogen-bond acceptors (Lipinski definition) is 8. The molecule has 11 heteroatoms. The van der Waals surface area contributed by atoms with Crippen molar-refractivity contribution in [2.45, 2.75) is 25.0 Å². The Labute approximate surface area is 210 Å². The molecular weight excluding hydrogens is 458 g/mol. The molecule has 4 aromatic heterocycles. The summed E-state index contributed by atoms with van der Waals surface area (Å²) >= 11 is 0. The van der Waals surface area contributed by atoms with Crippen molar-refractivity contribution in [3.63, 3.8) is 0 Å². The van der Waals surface area contributed by atoms with E-state index >= 15 is 0 Å². The first-order chi connectivity index (χ1) is 17.4. The number of hydrogen-bond donors (Lipinski definition) is 2. The molecule has 5 heterocycles. The van der Waals surface area contributed by atoms with E-state index in [1.54, 1.807) is 16.8 Å². The number of likely N-dealkylation sites (tertiary alicyclic amines) is 1. The maximum absolute atomic E-state index is 14.5. The van der Waals surface area contributed by atoms with Crippen LogP contribution in [0.5, 0.6) is 0 Å². The number of anilines is 2. The molecule has 0 amide bonds. The van der Waals surface area contributed by atoms with E-state index in [0.29, 0.717) is 41.0 Å². The monoisotopic (exact) mass is 488 g/mol. The van der Waals surface area contributed by atoms with E-state index in [4.69, 9.17) is 4.98 Å². The van der Waals surface area contributed by atoms with Crippen LogP contribution in [0.2, 0.25) is 0 Å². The minimum absolute atomic E-state index is 0.237. The van der Waals surface area contributed by atoms with Gasteiger partial charge in [-0.2, -0.15) is 0 Å². The molecule has 2 N–H and O–H groups in total. The zero-order valence-corrected chi connectivity index (χ0v) is 20.8. The van der Waals surface area contributed by atoms with Gasteiger partial charge in [-0.1, -0.05) is 12.1 Å². The van der Waals surface area contributed by atoms with E-state index in [9.17, 15) is 9.50 Å². The number of fused-ring (bicyclic) bond motifs is 1. The number of aromatic nitrogens is 5. The van der Waals surface area contributed by atoms with Gasteiger partial charge >= 0.3 is 0 Å². The van der Waals surface area contributed by atoms with Gasteiger partial charge in [0.15, 0.2) is 19.5 Å². The lowest BCUT2D eigenvalue weighted by Gasteiger charge is -2.36. The van der Waals surface area contributed by atoms with Crippen LogP contribution >= 0.6 is 0 Å². The predicted octanol–water partition coefficient (Wildman–Crippen LogP) is 1.39. The number of nitrogens with one attached hydrogen (secondary N) is 1. The number of piperidine rings is 1. The Morgan fingerprint density at radius 1 is 1.19 bits per heavy atom. The summed E-state index contributed by atoms with van der Waals surface area (Å²) in [5.41, 5.74) is 2.96. The SMILES string of the molecule is Bc1cccc(-c2nc(Nc3ccncc3F)c3c(C(O)CN4CCC(N(C)C)CC4)ccn3n2)n1. The van der Waals surface area contributed by atoms with Crippen LogP contribution in [0.1, 0.15) is 24.5 Å². The van der Waals surface area contributed by atoms with Crippen LogP contribution in [-0.4, -0.2) is 87.1 Å². The topological polar surface area (TPSA) is 94.7 Å². The second-order valence-corrected chi connectivity index (χ2v) is 9.50. The highest BCUT2D eigenvalue weighted by atomic mass is 19.1. The van der Waals surface area contributed by atoms with Crippen molar-refractivity contribution in [1.82, 2.24) is 34.4 Å². The number of rotatable bonds is 7. The lowest BCUT2D eigenvalue weighted by atomic mass is 10.0. The van der Waals surface area contributed by atoms with E-state index in [2.05, 4.69) is 44.3 Å². The highest BCUT2D eigenvalue weighted by Gasteiger charge is 2.25. The Kier molecular flexibility index (Phi) is 6.95. The minimum Gasteiger partial charge on any atom is -0.387 e. The molecular formula is C25H30BFN8O. The quantitative estimate of drug-likeness (QED) is 0.377. The first-order valence-corrected chi connectivity index (χ1v) is 12.2. The van der Waals surface area contributed by atoms with Gasteiger partial charge in [0, 0.05) is 30.5 Å². The molecule has 4 aromatic rings. The summed E-state index contributed by atoms with van der Waals surface area (Å²) in [5.74, 6) is 0.284. The van der Waals surface area contributed by atoms with Crippen molar-refractivity contribution in [2.24, 2.45) is 0 Å². The van der Waals surface area contributed by atoms with Gasteiger partial charge in [-0.3, -0.25) is 9.97 Å². The highest BCUT2D eigenvalue weighted by molar-refractivity contribution is 6.30. The average molecular weight is 488 g/mol. The Bertz CT molecular complexity index is 1360. The molecule has 5 rings (SSSR count). The van der Waals surface area contributed by atoms with Crippen molar-refractivity contribution < 1.29 is 9.50 Å².